The molecule has 2 rings (SSSR count). The molecule has 0 aliphatic carbocycles. The van der Waals surface area contributed by atoms with E-state index in [1.165, 1.54) is 25.0 Å². The molecule has 0 radical (unpaired) electrons. The highest BCUT2D eigenvalue weighted by atomic mass is 35.5. The number of hydrogen-bond acceptors (Lipinski definition) is 5. The maximum atomic E-state index is 5.82. The molecule has 78 valence electrons. The maximum Gasteiger partial charge on any atom is 0.186 e. The van der Waals surface area contributed by atoms with Gasteiger partial charge in [-0.2, -0.15) is 20.5 Å². The second-order valence-electron chi connectivity index (χ2n) is 3.27. The van der Waals surface area contributed by atoms with Crippen molar-refractivity contribution in [3.05, 3.63) is 5.15 Å². The highest BCUT2D eigenvalue weighted by Gasteiger charge is 2.14. The first-order valence-corrected chi connectivity index (χ1v) is 6.85. The first-order chi connectivity index (χ1) is 6.86. The highest BCUT2D eigenvalue weighted by molar-refractivity contribution is 7.99. The van der Waals surface area contributed by atoms with Crippen molar-refractivity contribution in [1.29, 1.82) is 0 Å². The monoisotopic (exact) mass is 249 g/mol. The fraction of sp³-hybridized carbons (Fsp3) is 0.750. The Labute approximate surface area is 97.0 Å². The van der Waals surface area contributed by atoms with E-state index in [1.54, 1.807) is 0 Å². The van der Waals surface area contributed by atoms with E-state index >= 15 is 0 Å². The Morgan fingerprint density at radius 1 is 1.43 bits per heavy atom. The van der Waals surface area contributed by atoms with Crippen LogP contribution < -0.4 is 5.32 Å². The average Bonchev–Trinajstić information content (AvgIpc) is 2.63. The summed E-state index contributed by atoms with van der Waals surface area (Å²) in [7, 11) is 0. The number of thioether (sulfide) groups is 1. The number of nitrogens with zero attached hydrogens (tertiary/aromatic N) is 2. The molecule has 3 nitrogen and oxygen atoms in total. The lowest BCUT2D eigenvalue weighted by Crippen LogP contribution is -2.20. The normalized spacial score (nSPS) is 22.2. The standard InChI is InChI=1S/C8H12ClN3S2/c9-7-8(12-14-11-7)10-5-6-3-1-2-4-13-6/h6H,1-5H2,(H,10,12). The Kier molecular flexibility index (Phi) is 3.89. The number of rotatable bonds is 3. The van der Waals surface area contributed by atoms with Crippen molar-refractivity contribution in [2.24, 2.45) is 0 Å². The van der Waals surface area contributed by atoms with Crippen LogP contribution in [0.1, 0.15) is 19.3 Å². The van der Waals surface area contributed by atoms with E-state index in [0.29, 0.717) is 10.4 Å². The minimum Gasteiger partial charge on any atom is -0.365 e. The molecule has 1 fully saturated rings. The van der Waals surface area contributed by atoms with E-state index in [2.05, 4.69) is 14.1 Å². The molecule has 1 unspecified atom stereocenters. The molecule has 1 aliphatic rings. The highest BCUT2D eigenvalue weighted by Crippen LogP contribution is 2.26. The van der Waals surface area contributed by atoms with Gasteiger partial charge in [-0.3, -0.25) is 0 Å². The predicted octanol–water partition coefficient (Wildman–Crippen LogP) is 2.89. The van der Waals surface area contributed by atoms with Crippen molar-refractivity contribution in [2.75, 3.05) is 17.6 Å². The van der Waals surface area contributed by atoms with Crippen molar-refractivity contribution >= 4 is 40.9 Å². The molecule has 2 heterocycles. The zero-order valence-electron chi connectivity index (χ0n) is 7.70. The molecular weight excluding hydrogens is 238 g/mol. The summed E-state index contributed by atoms with van der Waals surface area (Å²) < 4.78 is 7.99. The van der Waals surface area contributed by atoms with E-state index in [4.69, 9.17) is 11.6 Å². The van der Waals surface area contributed by atoms with Crippen LogP contribution in [0.2, 0.25) is 5.15 Å². The summed E-state index contributed by atoms with van der Waals surface area (Å²) in [6.45, 7) is 0.954. The van der Waals surface area contributed by atoms with Crippen molar-refractivity contribution in [3.63, 3.8) is 0 Å². The Morgan fingerprint density at radius 3 is 3.00 bits per heavy atom. The summed E-state index contributed by atoms with van der Waals surface area (Å²) in [6.07, 6.45) is 4.01. The molecule has 1 atom stereocenters. The molecule has 6 heteroatoms. The molecule has 0 bridgehead atoms. The zero-order valence-corrected chi connectivity index (χ0v) is 10.1. The van der Waals surface area contributed by atoms with E-state index in [-0.39, 0.29) is 0 Å². The van der Waals surface area contributed by atoms with E-state index < -0.39 is 0 Å². The lowest BCUT2D eigenvalue weighted by atomic mass is 10.2. The van der Waals surface area contributed by atoms with Crippen molar-refractivity contribution in [2.45, 2.75) is 24.5 Å². The molecule has 0 amide bonds. The molecule has 1 saturated heterocycles. The van der Waals surface area contributed by atoms with Gasteiger partial charge in [-0.25, -0.2) is 0 Å². The van der Waals surface area contributed by atoms with Crippen LogP contribution in [-0.4, -0.2) is 26.3 Å². The molecule has 1 aromatic heterocycles. The first-order valence-electron chi connectivity index (χ1n) is 4.70. The van der Waals surface area contributed by atoms with Gasteiger partial charge in [0.15, 0.2) is 11.0 Å². The summed E-state index contributed by atoms with van der Waals surface area (Å²) >= 11 is 9.02. The van der Waals surface area contributed by atoms with Gasteiger partial charge < -0.3 is 5.32 Å². The Morgan fingerprint density at radius 2 is 2.36 bits per heavy atom. The third kappa shape index (κ3) is 2.74. The smallest absolute Gasteiger partial charge is 0.186 e. The summed E-state index contributed by atoms with van der Waals surface area (Å²) in [4.78, 5) is 0. The number of halogens is 1. The van der Waals surface area contributed by atoms with Crippen LogP contribution in [0.4, 0.5) is 5.82 Å². The van der Waals surface area contributed by atoms with Crippen LogP contribution in [0.3, 0.4) is 0 Å². The van der Waals surface area contributed by atoms with E-state index in [0.717, 1.165) is 24.1 Å². The quantitative estimate of drug-likeness (QED) is 0.894. The van der Waals surface area contributed by atoms with Crippen LogP contribution in [0.5, 0.6) is 0 Å². The lowest BCUT2D eigenvalue weighted by molar-refractivity contribution is 0.677. The molecule has 0 aromatic carbocycles. The fourth-order valence-corrected chi connectivity index (χ4v) is 3.38. The van der Waals surface area contributed by atoms with Gasteiger partial charge in [0.25, 0.3) is 0 Å². The largest absolute Gasteiger partial charge is 0.365 e. The van der Waals surface area contributed by atoms with Gasteiger partial charge in [-0.15, -0.1) is 0 Å². The predicted molar refractivity (Wildman–Crippen MR) is 63.5 cm³/mol. The van der Waals surface area contributed by atoms with Crippen LogP contribution in [0.15, 0.2) is 0 Å². The van der Waals surface area contributed by atoms with Gasteiger partial charge in [0.1, 0.15) is 0 Å². The first kappa shape index (κ1) is 10.5. The second-order valence-corrected chi connectivity index (χ2v) is 5.57. The van der Waals surface area contributed by atoms with Crippen molar-refractivity contribution in [1.82, 2.24) is 8.75 Å². The fourth-order valence-electron chi connectivity index (χ4n) is 1.46. The lowest BCUT2D eigenvalue weighted by Gasteiger charge is -2.21. The van der Waals surface area contributed by atoms with Crippen LogP contribution in [0, 0.1) is 0 Å². The van der Waals surface area contributed by atoms with Gasteiger partial charge in [-0.05, 0) is 18.6 Å². The number of nitrogens with one attached hydrogen (secondary N) is 1. The summed E-state index contributed by atoms with van der Waals surface area (Å²) in [6, 6.07) is 0. The Bertz CT molecular complexity index is 286. The third-order valence-corrected chi connectivity index (χ3v) is 4.51. The Balaban J connectivity index is 1.79. The number of anilines is 1. The Hall–Kier alpha value is -0.000000000000000111. The molecule has 1 N–H and O–H groups in total. The minimum absolute atomic E-state index is 0.496. The van der Waals surface area contributed by atoms with Gasteiger partial charge in [0, 0.05) is 11.8 Å². The molecule has 1 aliphatic heterocycles. The summed E-state index contributed by atoms with van der Waals surface area (Å²) in [5.74, 6) is 2.03. The van der Waals surface area contributed by atoms with Gasteiger partial charge >= 0.3 is 0 Å². The third-order valence-electron chi connectivity index (χ3n) is 2.22. The minimum atomic E-state index is 0.496. The number of aromatic nitrogens is 2. The molecular formula is C8H12ClN3S2. The van der Waals surface area contributed by atoms with Gasteiger partial charge in [0.2, 0.25) is 0 Å². The summed E-state index contributed by atoms with van der Waals surface area (Å²) in [5, 5.41) is 4.45. The molecule has 0 spiro atoms. The van der Waals surface area contributed by atoms with Crippen molar-refractivity contribution in [3.8, 4) is 0 Å². The van der Waals surface area contributed by atoms with E-state index in [1.807, 2.05) is 11.8 Å². The van der Waals surface area contributed by atoms with Gasteiger partial charge in [-0.1, -0.05) is 18.0 Å². The molecule has 14 heavy (non-hydrogen) atoms. The summed E-state index contributed by atoms with van der Waals surface area (Å²) in [5.41, 5.74) is 0. The zero-order chi connectivity index (χ0) is 9.80. The van der Waals surface area contributed by atoms with Crippen molar-refractivity contribution < 1.29 is 0 Å². The second kappa shape index (κ2) is 5.19. The topological polar surface area (TPSA) is 37.8 Å². The van der Waals surface area contributed by atoms with E-state index in [9.17, 15) is 0 Å². The average molecular weight is 250 g/mol. The number of hydrogen-bond donors (Lipinski definition) is 1. The molecule has 1 aromatic rings. The maximum absolute atomic E-state index is 5.82. The van der Waals surface area contributed by atoms with Crippen LogP contribution in [0.25, 0.3) is 0 Å². The van der Waals surface area contributed by atoms with Crippen LogP contribution in [-0.2, 0) is 0 Å². The van der Waals surface area contributed by atoms with Crippen LogP contribution >= 0.6 is 35.1 Å². The SMILES string of the molecule is Clc1nsnc1NCC1CCCCS1. The van der Waals surface area contributed by atoms with Gasteiger partial charge in [0.05, 0.1) is 11.7 Å². The molecule has 0 saturated carbocycles.